The van der Waals surface area contributed by atoms with Gasteiger partial charge in [-0.15, -0.1) is 0 Å². The molecule has 1 aromatic heterocycles. The molecule has 0 spiro atoms. The van der Waals surface area contributed by atoms with Crippen molar-refractivity contribution in [1.29, 1.82) is 0 Å². The molecular weight excluding hydrogens is 399 g/mol. The second-order valence-electron chi connectivity index (χ2n) is 6.25. The molecule has 0 radical (unpaired) electrons. The summed E-state index contributed by atoms with van der Waals surface area (Å²) < 4.78 is 42.6. The topological polar surface area (TPSA) is 110 Å². The first-order chi connectivity index (χ1) is 13.2. The van der Waals surface area contributed by atoms with Gasteiger partial charge in [0.25, 0.3) is 5.91 Å². The molecule has 8 nitrogen and oxygen atoms in total. The Hall–Kier alpha value is -2.24. The highest BCUT2D eigenvalue weighted by atomic mass is 32.2. The van der Waals surface area contributed by atoms with Crippen LogP contribution in [0.15, 0.2) is 12.4 Å². The van der Waals surface area contributed by atoms with Gasteiger partial charge in [0, 0.05) is 37.9 Å². The van der Waals surface area contributed by atoms with Crippen molar-refractivity contribution < 1.29 is 27.5 Å². The van der Waals surface area contributed by atoms with Crippen molar-refractivity contribution in [1.82, 2.24) is 15.3 Å². The van der Waals surface area contributed by atoms with Crippen molar-refractivity contribution in [2.24, 2.45) is 5.73 Å². The second kappa shape index (κ2) is 9.80. The Morgan fingerprint density at radius 2 is 1.96 bits per heavy atom. The third-order valence-electron chi connectivity index (χ3n) is 4.22. The number of rotatable bonds is 7. The SMILES string of the molecule is CSCCC(OC(N)=O)C(=O)NC1CCN(c2ncc(C(F)(F)F)cn2)CC1. The Morgan fingerprint density at radius 1 is 1.36 bits per heavy atom. The molecule has 2 heterocycles. The molecule has 12 heteroatoms. The van der Waals surface area contributed by atoms with Crippen molar-refractivity contribution >= 4 is 29.7 Å². The predicted octanol–water partition coefficient (Wildman–Crippen LogP) is 1.80. The first-order valence-electron chi connectivity index (χ1n) is 8.60. The molecule has 1 unspecified atom stereocenters. The van der Waals surface area contributed by atoms with Crippen molar-refractivity contribution in [3.63, 3.8) is 0 Å². The number of halogens is 3. The number of amides is 2. The number of nitrogens with two attached hydrogens (primary N) is 1. The molecular formula is C16H22F3N5O3S. The summed E-state index contributed by atoms with van der Waals surface area (Å²) in [5.74, 6) is 0.444. The lowest BCUT2D eigenvalue weighted by Gasteiger charge is -2.33. The van der Waals surface area contributed by atoms with Gasteiger partial charge in [-0.25, -0.2) is 14.8 Å². The van der Waals surface area contributed by atoms with Crippen molar-refractivity contribution in [3.8, 4) is 0 Å². The Balaban J connectivity index is 1.87. The summed E-state index contributed by atoms with van der Waals surface area (Å²) in [6.45, 7) is 0.949. The summed E-state index contributed by atoms with van der Waals surface area (Å²) in [4.78, 5) is 32.6. The summed E-state index contributed by atoms with van der Waals surface area (Å²) in [6.07, 6.45) is -1.57. The molecule has 1 aliphatic heterocycles. The molecule has 1 fully saturated rings. The van der Waals surface area contributed by atoms with Crippen molar-refractivity contribution in [3.05, 3.63) is 18.0 Å². The Bertz CT molecular complexity index is 666. The molecule has 0 saturated carbocycles. The fourth-order valence-corrected chi connectivity index (χ4v) is 3.21. The number of carbonyl (C=O) groups excluding carboxylic acids is 2. The minimum Gasteiger partial charge on any atom is -0.436 e. The third kappa shape index (κ3) is 6.43. The van der Waals surface area contributed by atoms with E-state index in [4.69, 9.17) is 10.5 Å². The van der Waals surface area contributed by atoms with Gasteiger partial charge in [0.05, 0.1) is 5.56 Å². The largest absolute Gasteiger partial charge is 0.436 e. The van der Waals surface area contributed by atoms with E-state index < -0.39 is 29.8 Å². The van der Waals surface area contributed by atoms with Crippen LogP contribution in [0.1, 0.15) is 24.8 Å². The highest BCUT2D eigenvalue weighted by Gasteiger charge is 2.32. The van der Waals surface area contributed by atoms with Gasteiger partial charge in [-0.2, -0.15) is 24.9 Å². The van der Waals surface area contributed by atoms with Gasteiger partial charge in [0.2, 0.25) is 5.95 Å². The number of primary amides is 1. The molecule has 0 bridgehead atoms. The van der Waals surface area contributed by atoms with Gasteiger partial charge in [0.15, 0.2) is 6.10 Å². The second-order valence-corrected chi connectivity index (χ2v) is 7.23. The van der Waals surface area contributed by atoms with Gasteiger partial charge < -0.3 is 20.7 Å². The maximum absolute atomic E-state index is 12.6. The van der Waals surface area contributed by atoms with Crippen LogP contribution in [-0.4, -0.2) is 59.2 Å². The zero-order chi connectivity index (χ0) is 20.7. The van der Waals surface area contributed by atoms with Crippen LogP contribution in [0.2, 0.25) is 0 Å². The third-order valence-corrected chi connectivity index (χ3v) is 4.87. The van der Waals surface area contributed by atoms with E-state index in [1.54, 1.807) is 4.90 Å². The lowest BCUT2D eigenvalue weighted by Crippen LogP contribution is -2.49. The number of aromatic nitrogens is 2. The number of piperidine rings is 1. The van der Waals surface area contributed by atoms with Crippen molar-refractivity contribution in [2.75, 3.05) is 30.0 Å². The van der Waals surface area contributed by atoms with E-state index in [1.807, 2.05) is 6.26 Å². The first kappa shape index (κ1) is 22.1. The van der Waals surface area contributed by atoms with Gasteiger partial charge in [-0.3, -0.25) is 4.79 Å². The molecule has 0 aromatic carbocycles. The van der Waals surface area contributed by atoms with E-state index in [0.717, 1.165) is 12.4 Å². The summed E-state index contributed by atoms with van der Waals surface area (Å²) in [6, 6.07) is -0.147. The van der Waals surface area contributed by atoms with Crippen LogP contribution >= 0.6 is 11.8 Å². The lowest BCUT2D eigenvalue weighted by molar-refractivity contribution is -0.138. The zero-order valence-electron chi connectivity index (χ0n) is 15.2. The number of thioether (sulfide) groups is 1. The van der Waals surface area contributed by atoms with Crippen LogP contribution < -0.4 is 16.0 Å². The van der Waals surface area contributed by atoms with E-state index >= 15 is 0 Å². The predicted molar refractivity (Wildman–Crippen MR) is 97.9 cm³/mol. The van der Waals surface area contributed by atoms with Crippen molar-refractivity contribution in [2.45, 2.75) is 37.6 Å². The highest BCUT2D eigenvalue weighted by molar-refractivity contribution is 7.98. The summed E-state index contributed by atoms with van der Waals surface area (Å²) >= 11 is 1.52. The monoisotopic (exact) mass is 421 g/mol. The van der Waals surface area contributed by atoms with E-state index in [9.17, 15) is 22.8 Å². The molecule has 2 rings (SSSR count). The highest BCUT2D eigenvalue weighted by Crippen LogP contribution is 2.28. The molecule has 2 amide bonds. The number of alkyl halides is 3. The minimum absolute atomic E-state index is 0.147. The average Bonchev–Trinajstić information content (AvgIpc) is 2.65. The maximum atomic E-state index is 12.6. The van der Waals surface area contributed by atoms with Crippen LogP contribution in [0.5, 0.6) is 0 Å². The fourth-order valence-electron chi connectivity index (χ4n) is 2.76. The average molecular weight is 421 g/mol. The van der Waals surface area contributed by atoms with Crippen LogP contribution in [0.4, 0.5) is 23.9 Å². The quantitative estimate of drug-likeness (QED) is 0.691. The normalized spacial score (nSPS) is 16.5. The Labute approximate surface area is 164 Å². The summed E-state index contributed by atoms with van der Waals surface area (Å²) in [7, 11) is 0. The standard InChI is InChI=1S/C16H22F3N5O3S/c1-28-7-4-12(27-14(20)26)13(25)23-11-2-5-24(6-3-11)15-21-8-10(9-22-15)16(17,18)19/h8-9,11-12H,2-7H2,1H3,(H2,20,26)(H,23,25). The van der Waals surface area contributed by atoms with Gasteiger partial charge in [-0.05, 0) is 24.9 Å². The number of anilines is 1. The van der Waals surface area contributed by atoms with Crippen LogP contribution in [0.25, 0.3) is 0 Å². The van der Waals surface area contributed by atoms with Crippen LogP contribution in [-0.2, 0) is 15.7 Å². The van der Waals surface area contributed by atoms with Gasteiger partial charge >= 0.3 is 12.3 Å². The Morgan fingerprint density at radius 3 is 2.46 bits per heavy atom. The van der Waals surface area contributed by atoms with E-state index in [0.29, 0.717) is 38.1 Å². The molecule has 1 aliphatic rings. The molecule has 3 N–H and O–H groups in total. The Kier molecular flexibility index (Phi) is 7.72. The van der Waals surface area contributed by atoms with E-state index in [2.05, 4.69) is 15.3 Å². The minimum atomic E-state index is -4.48. The number of nitrogens with one attached hydrogen (secondary N) is 1. The molecule has 0 aliphatic carbocycles. The summed E-state index contributed by atoms with van der Waals surface area (Å²) in [5, 5.41) is 2.84. The zero-order valence-corrected chi connectivity index (χ0v) is 16.1. The molecule has 28 heavy (non-hydrogen) atoms. The molecule has 1 atom stereocenters. The smallest absolute Gasteiger partial charge is 0.419 e. The van der Waals surface area contributed by atoms with Crippen LogP contribution in [0.3, 0.4) is 0 Å². The van der Waals surface area contributed by atoms with Gasteiger partial charge in [-0.1, -0.05) is 0 Å². The fraction of sp³-hybridized carbons (Fsp3) is 0.625. The van der Waals surface area contributed by atoms with E-state index in [-0.39, 0.29) is 12.0 Å². The maximum Gasteiger partial charge on any atom is 0.419 e. The molecule has 1 aromatic rings. The van der Waals surface area contributed by atoms with Crippen LogP contribution in [0, 0.1) is 0 Å². The molecule has 156 valence electrons. The number of ether oxygens (including phenoxy) is 1. The van der Waals surface area contributed by atoms with E-state index in [1.165, 1.54) is 11.8 Å². The first-order valence-corrected chi connectivity index (χ1v) is 9.99. The number of hydrogen-bond acceptors (Lipinski definition) is 7. The number of carbonyl (C=O) groups is 2. The molecule has 1 saturated heterocycles. The number of hydrogen-bond donors (Lipinski definition) is 2. The van der Waals surface area contributed by atoms with Gasteiger partial charge in [0.1, 0.15) is 0 Å². The number of nitrogens with zero attached hydrogens (tertiary/aromatic N) is 3. The summed E-state index contributed by atoms with van der Waals surface area (Å²) in [5.41, 5.74) is 4.12. The lowest BCUT2D eigenvalue weighted by atomic mass is 10.0.